The minimum Gasteiger partial charge on any atom is -0.508 e. The molecular formula is C14H10FNO. The van der Waals surface area contributed by atoms with E-state index in [2.05, 4.69) is 4.98 Å². The van der Waals surface area contributed by atoms with Gasteiger partial charge in [-0.3, -0.25) is 0 Å². The maximum absolute atomic E-state index is 13.1. The Balaban J connectivity index is 2.18. The first kappa shape index (κ1) is 9.90. The molecule has 0 spiro atoms. The van der Waals surface area contributed by atoms with Gasteiger partial charge in [-0.2, -0.15) is 0 Å². The van der Waals surface area contributed by atoms with Gasteiger partial charge in [-0.25, -0.2) is 4.39 Å². The van der Waals surface area contributed by atoms with Gasteiger partial charge in [0.15, 0.2) is 0 Å². The highest BCUT2D eigenvalue weighted by atomic mass is 19.1. The highest BCUT2D eigenvalue weighted by Crippen LogP contribution is 2.26. The number of aromatic amines is 1. The van der Waals surface area contributed by atoms with Crippen LogP contribution < -0.4 is 0 Å². The van der Waals surface area contributed by atoms with E-state index in [1.165, 1.54) is 12.1 Å². The zero-order valence-electron chi connectivity index (χ0n) is 8.94. The van der Waals surface area contributed by atoms with Crippen LogP contribution in [0.5, 0.6) is 5.75 Å². The largest absolute Gasteiger partial charge is 0.508 e. The number of nitrogens with one attached hydrogen (secondary N) is 1. The lowest BCUT2D eigenvalue weighted by Gasteiger charge is -1.96. The van der Waals surface area contributed by atoms with Crippen LogP contribution in [0.3, 0.4) is 0 Å². The van der Waals surface area contributed by atoms with E-state index in [0.717, 1.165) is 22.2 Å². The van der Waals surface area contributed by atoms with E-state index < -0.39 is 0 Å². The molecule has 2 N–H and O–H groups in total. The standard InChI is InChI=1S/C14H10FNO/c15-11-3-1-2-9(6-11)14-8-10-7-12(17)4-5-13(10)16-14/h1-8,16-17H. The molecule has 0 amide bonds. The Kier molecular flexibility index (Phi) is 2.11. The molecule has 3 rings (SSSR count). The van der Waals surface area contributed by atoms with Gasteiger partial charge in [-0.05, 0) is 36.4 Å². The first-order valence-electron chi connectivity index (χ1n) is 5.30. The molecule has 0 aliphatic carbocycles. The van der Waals surface area contributed by atoms with E-state index in [1.807, 2.05) is 12.1 Å². The van der Waals surface area contributed by atoms with Crippen molar-refractivity contribution in [3.8, 4) is 17.0 Å². The number of hydrogen-bond donors (Lipinski definition) is 2. The predicted molar refractivity (Wildman–Crippen MR) is 65.4 cm³/mol. The number of aromatic hydroxyl groups is 1. The summed E-state index contributed by atoms with van der Waals surface area (Å²) in [6.07, 6.45) is 0. The SMILES string of the molecule is Oc1ccc2[nH]c(-c3cccc(F)c3)cc2c1. The van der Waals surface area contributed by atoms with Crippen molar-refractivity contribution in [2.45, 2.75) is 0 Å². The van der Waals surface area contributed by atoms with E-state index in [9.17, 15) is 9.50 Å². The predicted octanol–water partition coefficient (Wildman–Crippen LogP) is 3.68. The number of phenolic OH excluding ortho intramolecular Hbond substituents is 1. The van der Waals surface area contributed by atoms with Gasteiger partial charge in [0.2, 0.25) is 0 Å². The second kappa shape index (κ2) is 3.63. The van der Waals surface area contributed by atoms with Gasteiger partial charge in [-0.1, -0.05) is 12.1 Å². The molecule has 2 nitrogen and oxygen atoms in total. The Bertz CT molecular complexity index is 688. The smallest absolute Gasteiger partial charge is 0.123 e. The van der Waals surface area contributed by atoms with Crippen LogP contribution in [0.1, 0.15) is 0 Å². The molecule has 2 aromatic carbocycles. The third-order valence-electron chi connectivity index (χ3n) is 2.74. The normalized spacial score (nSPS) is 10.9. The third kappa shape index (κ3) is 1.76. The number of phenols is 1. The number of aromatic nitrogens is 1. The van der Waals surface area contributed by atoms with Gasteiger partial charge < -0.3 is 10.1 Å². The minimum atomic E-state index is -0.260. The molecule has 0 unspecified atom stereocenters. The summed E-state index contributed by atoms with van der Waals surface area (Å²) >= 11 is 0. The van der Waals surface area contributed by atoms with Gasteiger partial charge in [-0.15, -0.1) is 0 Å². The molecule has 0 aliphatic heterocycles. The Morgan fingerprint density at radius 2 is 1.88 bits per heavy atom. The van der Waals surface area contributed by atoms with Crippen LogP contribution in [0.2, 0.25) is 0 Å². The van der Waals surface area contributed by atoms with Crippen molar-refractivity contribution in [1.29, 1.82) is 0 Å². The lowest BCUT2D eigenvalue weighted by Crippen LogP contribution is -1.78. The average molecular weight is 227 g/mol. The number of halogens is 1. The summed E-state index contributed by atoms with van der Waals surface area (Å²) in [4.78, 5) is 3.19. The summed E-state index contributed by atoms with van der Waals surface area (Å²) in [6, 6.07) is 13.4. The first-order chi connectivity index (χ1) is 8.22. The molecule has 17 heavy (non-hydrogen) atoms. The van der Waals surface area contributed by atoms with E-state index in [0.29, 0.717) is 0 Å². The summed E-state index contributed by atoms with van der Waals surface area (Å²) in [6.45, 7) is 0. The summed E-state index contributed by atoms with van der Waals surface area (Å²) in [7, 11) is 0. The van der Waals surface area contributed by atoms with Crippen LogP contribution in [-0.2, 0) is 0 Å². The van der Waals surface area contributed by atoms with Crippen molar-refractivity contribution in [3.05, 3.63) is 54.3 Å². The first-order valence-corrected chi connectivity index (χ1v) is 5.30. The Hall–Kier alpha value is -2.29. The maximum atomic E-state index is 13.1. The quantitative estimate of drug-likeness (QED) is 0.653. The van der Waals surface area contributed by atoms with Gasteiger partial charge in [0.05, 0.1) is 0 Å². The fraction of sp³-hybridized carbons (Fsp3) is 0. The van der Waals surface area contributed by atoms with Crippen LogP contribution in [-0.4, -0.2) is 10.1 Å². The van der Waals surface area contributed by atoms with Crippen molar-refractivity contribution in [2.24, 2.45) is 0 Å². The van der Waals surface area contributed by atoms with Gasteiger partial charge in [0.25, 0.3) is 0 Å². The molecule has 0 fully saturated rings. The summed E-state index contributed by atoms with van der Waals surface area (Å²) in [5.74, 6) is -0.0358. The number of H-pyrrole nitrogens is 1. The maximum Gasteiger partial charge on any atom is 0.123 e. The topological polar surface area (TPSA) is 36.0 Å². The van der Waals surface area contributed by atoms with Gasteiger partial charge >= 0.3 is 0 Å². The van der Waals surface area contributed by atoms with Crippen molar-refractivity contribution in [2.75, 3.05) is 0 Å². The van der Waals surface area contributed by atoms with Crippen LogP contribution in [0, 0.1) is 5.82 Å². The zero-order valence-corrected chi connectivity index (χ0v) is 8.94. The Morgan fingerprint density at radius 1 is 1.00 bits per heavy atom. The highest BCUT2D eigenvalue weighted by Gasteiger charge is 2.04. The molecular weight excluding hydrogens is 217 g/mol. The number of fused-ring (bicyclic) bond motifs is 1. The monoisotopic (exact) mass is 227 g/mol. The summed E-state index contributed by atoms with van der Waals surface area (Å²) < 4.78 is 13.1. The molecule has 0 radical (unpaired) electrons. The van der Waals surface area contributed by atoms with Gasteiger partial charge in [0.1, 0.15) is 11.6 Å². The Morgan fingerprint density at radius 3 is 2.71 bits per heavy atom. The lowest BCUT2D eigenvalue weighted by atomic mass is 10.1. The van der Waals surface area contributed by atoms with Crippen molar-refractivity contribution >= 4 is 10.9 Å². The molecule has 0 saturated heterocycles. The highest BCUT2D eigenvalue weighted by molar-refractivity contribution is 5.86. The molecule has 1 aromatic heterocycles. The van der Waals surface area contributed by atoms with Crippen LogP contribution >= 0.6 is 0 Å². The molecule has 3 heteroatoms. The van der Waals surface area contributed by atoms with Crippen molar-refractivity contribution in [3.63, 3.8) is 0 Å². The summed E-state index contributed by atoms with van der Waals surface area (Å²) in [5, 5.41) is 10.3. The fourth-order valence-electron chi connectivity index (χ4n) is 1.93. The van der Waals surface area contributed by atoms with E-state index in [-0.39, 0.29) is 11.6 Å². The molecule has 0 bridgehead atoms. The van der Waals surface area contributed by atoms with E-state index in [1.54, 1.807) is 24.3 Å². The molecule has 84 valence electrons. The van der Waals surface area contributed by atoms with Crippen LogP contribution in [0.15, 0.2) is 48.5 Å². The molecule has 1 heterocycles. The van der Waals surface area contributed by atoms with E-state index in [4.69, 9.17) is 0 Å². The Labute approximate surface area is 97.3 Å². The second-order valence-corrected chi connectivity index (χ2v) is 3.96. The molecule has 0 saturated carbocycles. The minimum absolute atomic E-state index is 0.224. The molecule has 0 aliphatic rings. The van der Waals surface area contributed by atoms with E-state index >= 15 is 0 Å². The van der Waals surface area contributed by atoms with Crippen LogP contribution in [0.4, 0.5) is 4.39 Å². The summed E-state index contributed by atoms with van der Waals surface area (Å²) in [5.41, 5.74) is 2.55. The van der Waals surface area contributed by atoms with Crippen molar-refractivity contribution < 1.29 is 9.50 Å². The van der Waals surface area contributed by atoms with Crippen molar-refractivity contribution in [1.82, 2.24) is 4.98 Å². The third-order valence-corrected chi connectivity index (χ3v) is 2.74. The number of rotatable bonds is 1. The molecule has 3 aromatic rings. The number of benzene rings is 2. The zero-order chi connectivity index (χ0) is 11.8. The lowest BCUT2D eigenvalue weighted by molar-refractivity contribution is 0.476. The van der Waals surface area contributed by atoms with Gasteiger partial charge in [0, 0.05) is 22.2 Å². The average Bonchev–Trinajstić information content (AvgIpc) is 2.72. The van der Waals surface area contributed by atoms with Crippen LogP contribution in [0.25, 0.3) is 22.2 Å². The molecule has 0 atom stereocenters. The number of hydrogen-bond acceptors (Lipinski definition) is 1. The fourth-order valence-corrected chi connectivity index (χ4v) is 1.93. The second-order valence-electron chi connectivity index (χ2n) is 3.96.